The van der Waals surface area contributed by atoms with Crippen LogP contribution in [0.3, 0.4) is 0 Å². The van der Waals surface area contributed by atoms with Gasteiger partial charge in [-0.15, -0.1) is 11.3 Å². The Bertz CT molecular complexity index is 1230. The maximum Gasteiger partial charge on any atom is 0.325 e. The SMILES string of the molecule is CC1(c2ccccc2)NC(=O)N(CC(=O)NC(c2ccc3c(c2)CCCC3)c2cccs2)C1=O. The van der Waals surface area contributed by atoms with E-state index in [1.807, 2.05) is 35.7 Å². The van der Waals surface area contributed by atoms with Crippen LogP contribution in [0.2, 0.25) is 0 Å². The summed E-state index contributed by atoms with van der Waals surface area (Å²) in [7, 11) is 0. The predicted molar refractivity (Wildman–Crippen MR) is 131 cm³/mol. The average Bonchev–Trinajstić information content (AvgIpc) is 3.46. The molecule has 0 radical (unpaired) electrons. The third kappa shape index (κ3) is 4.12. The third-order valence-corrected chi connectivity index (χ3v) is 7.70. The predicted octanol–water partition coefficient (Wildman–Crippen LogP) is 4.30. The van der Waals surface area contributed by atoms with Crippen molar-refractivity contribution in [2.24, 2.45) is 0 Å². The van der Waals surface area contributed by atoms with Crippen LogP contribution in [-0.4, -0.2) is 29.3 Å². The van der Waals surface area contributed by atoms with E-state index < -0.39 is 17.5 Å². The second-order valence-electron chi connectivity index (χ2n) is 9.06. The first-order valence-corrected chi connectivity index (χ1v) is 12.5. The summed E-state index contributed by atoms with van der Waals surface area (Å²) in [6, 6.07) is 18.6. The quantitative estimate of drug-likeness (QED) is 0.524. The topological polar surface area (TPSA) is 78.5 Å². The number of fused-ring (bicyclic) bond motifs is 1. The lowest BCUT2D eigenvalue weighted by Crippen LogP contribution is -2.44. The standard InChI is InChI=1S/C27H27N3O3S/c1-27(21-10-3-2-4-11-21)25(32)30(26(33)29-27)17-23(31)28-24(22-12-7-15-34-22)20-14-13-18-8-5-6-9-19(18)16-20/h2-4,7,10-16,24H,5-6,8-9,17H2,1H3,(H,28,31)(H,29,33). The molecule has 1 aliphatic carbocycles. The van der Waals surface area contributed by atoms with Gasteiger partial charge in [0.2, 0.25) is 5.91 Å². The van der Waals surface area contributed by atoms with Crippen molar-refractivity contribution in [3.05, 3.63) is 93.2 Å². The van der Waals surface area contributed by atoms with Gasteiger partial charge in [0.15, 0.2) is 0 Å². The fraction of sp³-hybridized carbons (Fsp3) is 0.296. The average molecular weight is 474 g/mol. The summed E-state index contributed by atoms with van der Waals surface area (Å²) in [4.78, 5) is 41.0. The zero-order valence-corrected chi connectivity index (χ0v) is 19.9. The van der Waals surface area contributed by atoms with Crippen LogP contribution < -0.4 is 10.6 Å². The van der Waals surface area contributed by atoms with Gasteiger partial charge in [0.1, 0.15) is 12.1 Å². The Balaban J connectivity index is 1.36. The molecular weight excluding hydrogens is 446 g/mol. The molecule has 34 heavy (non-hydrogen) atoms. The van der Waals surface area contributed by atoms with E-state index in [0.717, 1.165) is 28.2 Å². The molecule has 7 heteroatoms. The highest BCUT2D eigenvalue weighted by molar-refractivity contribution is 7.10. The van der Waals surface area contributed by atoms with Crippen LogP contribution in [0.5, 0.6) is 0 Å². The molecule has 2 heterocycles. The number of carbonyl (C=O) groups is 3. The fourth-order valence-electron chi connectivity index (χ4n) is 4.87. The van der Waals surface area contributed by atoms with E-state index in [2.05, 4.69) is 28.8 Å². The summed E-state index contributed by atoms with van der Waals surface area (Å²) in [6.07, 6.45) is 4.54. The molecule has 2 unspecified atom stereocenters. The second-order valence-corrected chi connectivity index (χ2v) is 10.0. The van der Waals surface area contributed by atoms with Crippen LogP contribution in [0.1, 0.15) is 52.9 Å². The lowest BCUT2D eigenvalue weighted by atomic mass is 9.89. The number of benzene rings is 2. The van der Waals surface area contributed by atoms with E-state index in [-0.39, 0.29) is 18.5 Å². The molecule has 3 aromatic rings. The van der Waals surface area contributed by atoms with Crippen LogP contribution in [0.4, 0.5) is 4.79 Å². The van der Waals surface area contributed by atoms with Gasteiger partial charge in [0, 0.05) is 4.88 Å². The lowest BCUT2D eigenvalue weighted by molar-refractivity contribution is -0.135. The summed E-state index contributed by atoms with van der Waals surface area (Å²) in [5.74, 6) is -0.808. The van der Waals surface area contributed by atoms with Crippen molar-refractivity contribution in [2.45, 2.75) is 44.2 Å². The van der Waals surface area contributed by atoms with Crippen molar-refractivity contribution in [1.82, 2.24) is 15.5 Å². The van der Waals surface area contributed by atoms with Gasteiger partial charge in [0.25, 0.3) is 5.91 Å². The number of thiophene rings is 1. The van der Waals surface area contributed by atoms with E-state index >= 15 is 0 Å². The number of rotatable bonds is 6. The minimum Gasteiger partial charge on any atom is -0.343 e. The molecule has 0 spiro atoms. The van der Waals surface area contributed by atoms with Gasteiger partial charge < -0.3 is 10.6 Å². The van der Waals surface area contributed by atoms with Crippen molar-refractivity contribution < 1.29 is 14.4 Å². The summed E-state index contributed by atoms with van der Waals surface area (Å²) in [5.41, 5.74) is 3.23. The van der Waals surface area contributed by atoms with E-state index in [1.165, 1.54) is 24.0 Å². The van der Waals surface area contributed by atoms with Crippen LogP contribution in [-0.2, 0) is 28.0 Å². The van der Waals surface area contributed by atoms with E-state index in [1.54, 1.807) is 30.4 Å². The monoisotopic (exact) mass is 473 g/mol. The van der Waals surface area contributed by atoms with Gasteiger partial charge in [0.05, 0.1) is 6.04 Å². The molecule has 174 valence electrons. The number of urea groups is 1. The molecule has 1 saturated heterocycles. The van der Waals surface area contributed by atoms with E-state index in [0.29, 0.717) is 5.56 Å². The van der Waals surface area contributed by atoms with E-state index in [4.69, 9.17) is 0 Å². The third-order valence-electron chi connectivity index (χ3n) is 6.77. The van der Waals surface area contributed by atoms with Crippen molar-refractivity contribution in [1.29, 1.82) is 0 Å². The Morgan fingerprint density at radius 1 is 1.06 bits per heavy atom. The Morgan fingerprint density at radius 2 is 1.82 bits per heavy atom. The first kappa shape index (κ1) is 22.3. The molecule has 1 aliphatic heterocycles. The van der Waals surface area contributed by atoms with Gasteiger partial charge in [-0.25, -0.2) is 4.79 Å². The van der Waals surface area contributed by atoms with Crippen LogP contribution in [0.15, 0.2) is 66.0 Å². The molecule has 1 fully saturated rings. The highest BCUT2D eigenvalue weighted by Gasteiger charge is 2.49. The van der Waals surface area contributed by atoms with Gasteiger partial charge >= 0.3 is 6.03 Å². The normalized spacial score (nSPS) is 20.6. The Labute approximate surface area is 203 Å². The summed E-state index contributed by atoms with van der Waals surface area (Å²) in [6.45, 7) is 1.34. The van der Waals surface area contributed by atoms with Crippen LogP contribution in [0.25, 0.3) is 0 Å². The Kier molecular flexibility index (Phi) is 5.96. The number of hydrogen-bond acceptors (Lipinski definition) is 4. The smallest absolute Gasteiger partial charge is 0.325 e. The molecule has 2 N–H and O–H groups in total. The van der Waals surface area contributed by atoms with Crippen molar-refractivity contribution in [3.8, 4) is 0 Å². The Morgan fingerprint density at radius 3 is 2.56 bits per heavy atom. The molecule has 5 rings (SSSR count). The number of imide groups is 1. The maximum atomic E-state index is 13.2. The van der Waals surface area contributed by atoms with Crippen molar-refractivity contribution >= 4 is 29.2 Å². The molecule has 6 nitrogen and oxygen atoms in total. The lowest BCUT2D eigenvalue weighted by Gasteiger charge is -2.24. The zero-order valence-electron chi connectivity index (χ0n) is 19.0. The summed E-state index contributed by atoms with van der Waals surface area (Å²) >= 11 is 1.57. The number of amides is 4. The molecular formula is C27H27N3O3S. The minimum atomic E-state index is -1.19. The summed E-state index contributed by atoms with van der Waals surface area (Å²) in [5, 5.41) is 7.82. The number of carbonyl (C=O) groups excluding carboxylic acids is 3. The first-order valence-electron chi connectivity index (χ1n) is 11.6. The number of aryl methyl sites for hydroxylation is 2. The maximum absolute atomic E-state index is 13.2. The molecule has 2 atom stereocenters. The molecule has 2 aromatic carbocycles. The highest BCUT2D eigenvalue weighted by atomic mass is 32.1. The molecule has 4 amide bonds. The highest BCUT2D eigenvalue weighted by Crippen LogP contribution is 2.31. The number of nitrogens with zero attached hydrogens (tertiary/aromatic N) is 1. The molecule has 0 saturated carbocycles. The molecule has 0 bridgehead atoms. The summed E-state index contributed by atoms with van der Waals surface area (Å²) < 4.78 is 0. The number of nitrogens with one attached hydrogen (secondary N) is 2. The van der Waals surface area contributed by atoms with Gasteiger partial charge in [-0.3, -0.25) is 14.5 Å². The van der Waals surface area contributed by atoms with Gasteiger partial charge in [-0.2, -0.15) is 0 Å². The van der Waals surface area contributed by atoms with Gasteiger partial charge in [-0.1, -0.05) is 54.6 Å². The molecule has 2 aliphatic rings. The number of hydrogen-bond donors (Lipinski definition) is 2. The molecule has 1 aromatic heterocycles. The van der Waals surface area contributed by atoms with Crippen LogP contribution in [0, 0.1) is 0 Å². The van der Waals surface area contributed by atoms with E-state index in [9.17, 15) is 14.4 Å². The van der Waals surface area contributed by atoms with Crippen LogP contribution >= 0.6 is 11.3 Å². The zero-order chi connectivity index (χ0) is 23.7. The largest absolute Gasteiger partial charge is 0.343 e. The van der Waals surface area contributed by atoms with Crippen molar-refractivity contribution in [2.75, 3.05) is 6.54 Å². The first-order chi connectivity index (χ1) is 16.5. The minimum absolute atomic E-state index is 0.332. The van der Waals surface area contributed by atoms with Crippen molar-refractivity contribution in [3.63, 3.8) is 0 Å². The second kappa shape index (κ2) is 9.06. The Hall–Kier alpha value is -3.45. The van der Waals surface area contributed by atoms with Gasteiger partial charge in [-0.05, 0) is 66.3 Å². The fourth-order valence-corrected chi connectivity index (χ4v) is 5.67.